The summed E-state index contributed by atoms with van der Waals surface area (Å²) in [4.78, 5) is 0. The molecule has 0 spiro atoms. The molecule has 0 saturated heterocycles. The molecule has 0 aromatic rings. The first kappa shape index (κ1) is 25.6. The van der Waals surface area contributed by atoms with E-state index in [4.69, 9.17) is 12.8 Å². The summed E-state index contributed by atoms with van der Waals surface area (Å²) in [6, 6.07) is 0. The lowest BCUT2D eigenvalue weighted by Gasteiger charge is -2.83. The molecule has 4 atom stereocenters. The predicted molar refractivity (Wildman–Crippen MR) is 164 cm³/mol. The van der Waals surface area contributed by atoms with E-state index in [1.165, 1.54) is 116 Å². The molecule has 0 radical (unpaired) electrons. The molecule has 0 nitrogen and oxygen atoms in total. The molecule has 12 fully saturated rings. The molecule has 0 aromatic carbocycles. The molecule has 12 rings (SSSR count). The molecule has 40 heavy (non-hydrogen) atoms. The van der Waals surface area contributed by atoms with Gasteiger partial charge >= 0.3 is 0 Å². The third-order valence-corrected chi connectivity index (χ3v) is 16.6. The molecule has 0 heteroatoms. The minimum absolute atomic E-state index is 0.158. The summed E-state index contributed by atoms with van der Waals surface area (Å²) >= 11 is 0. The molecule has 216 valence electrons. The maximum atomic E-state index is 6.57. The van der Waals surface area contributed by atoms with Gasteiger partial charge in [-0.3, -0.25) is 0 Å². The average Bonchev–Trinajstić information content (AvgIpc) is 2.72. The number of terminal acetylenes is 2. The summed E-state index contributed by atoms with van der Waals surface area (Å²) in [7, 11) is 0. The molecular formula is C40H56. The SMILES string of the molecule is C#CC12CC3(C)CC(C)(C1)CC(C14CC5(C)CC(C)(C1)CC(C16CC7(C)CC(C)(CC(C#C)(C7)C1)C6)(C5)C4)(C3)C2. The average molecular weight is 537 g/mol. The summed E-state index contributed by atoms with van der Waals surface area (Å²) in [5.41, 5.74) is 4.95. The molecule has 12 saturated carbocycles. The highest BCUT2D eigenvalue weighted by Gasteiger charge is 2.80. The summed E-state index contributed by atoms with van der Waals surface area (Å²) in [6.45, 7) is 16.2. The van der Waals surface area contributed by atoms with E-state index < -0.39 is 0 Å². The first-order valence-corrected chi connectivity index (χ1v) is 17.3. The monoisotopic (exact) mass is 536 g/mol. The lowest BCUT2D eigenvalue weighted by atomic mass is 9.21. The zero-order chi connectivity index (χ0) is 28.1. The second-order valence-electron chi connectivity index (χ2n) is 22.0. The van der Waals surface area contributed by atoms with Crippen molar-refractivity contribution in [3.8, 4) is 24.7 Å². The lowest BCUT2D eigenvalue weighted by molar-refractivity contribution is -0.331. The molecular weight excluding hydrogens is 480 g/mol. The van der Waals surface area contributed by atoms with Crippen LogP contribution in [-0.2, 0) is 0 Å². The maximum Gasteiger partial charge on any atom is 0.0328 e. The van der Waals surface area contributed by atoms with Crippen LogP contribution in [0.1, 0.15) is 157 Å². The van der Waals surface area contributed by atoms with Gasteiger partial charge in [-0.1, -0.05) is 53.4 Å². The summed E-state index contributed by atoms with van der Waals surface area (Å²) in [5.74, 6) is 7.11. The van der Waals surface area contributed by atoms with Gasteiger partial charge in [-0.2, -0.15) is 0 Å². The van der Waals surface area contributed by atoms with Crippen molar-refractivity contribution in [3.05, 3.63) is 0 Å². The van der Waals surface area contributed by atoms with Crippen molar-refractivity contribution in [1.82, 2.24) is 0 Å². The van der Waals surface area contributed by atoms with Gasteiger partial charge in [0.05, 0.1) is 0 Å². The number of hydrogen-bond acceptors (Lipinski definition) is 0. The number of hydrogen-bond donors (Lipinski definition) is 0. The molecule has 12 aliphatic carbocycles. The van der Waals surface area contributed by atoms with Crippen molar-refractivity contribution in [2.24, 2.45) is 65.0 Å². The first-order chi connectivity index (χ1) is 18.3. The standard InChI is InChI=1S/C40H56/c1-9-35-14-29(3)11-30(4,15-35)19-37(18-29,26-35)39-22-33(7)13-34(8,23-39)25-40(24-33,28-39)38-20-31(5)12-32(6,21-38)17-36(10-2,16-31)27-38/h1-2H,11-28H2,3-8H3. The van der Waals surface area contributed by atoms with Crippen LogP contribution >= 0.6 is 0 Å². The quantitative estimate of drug-likeness (QED) is 0.308. The minimum atomic E-state index is 0.158. The van der Waals surface area contributed by atoms with Crippen LogP contribution in [0.5, 0.6) is 0 Å². The first-order valence-electron chi connectivity index (χ1n) is 17.3. The van der Waals surface area contributed by atoms with Crippen molar-refractivity contribution >= 4 is 0 Å². The van der Waals surface area contributed by atoms with E-state index in [2.05, 4.69) is 53.4 Å². The third kappa shape index (κ3) is 2.82. The van der Waals surface area contributed by atoms with Crippen molar-refractivity contribution in [2.75, 3.05) is 0 Å². The fourth-order valence-corrected chi connectivity index (χ4v) is 19.6. The second kappa shape index (κ2) is 6.33. The highest BCUT2D eigenvalue weighted by molar-refractivity contribution is 5.33. The molecule has 0 N–H and O–H groups in total. The van der Waals surface area contributed by atoms with Gasteiger partial charge < -0.3 is 0 Å². The van der Waals surface area contributed by atoms with Crippen LogP contribution in [0, 0.1) is 89.7 Å². The molecule has 12 aliphatic rings. The summed E-state index contributed by atoms with van der Waals surface area (Å²) in [5, 5.41) is 0. The molecule has 4 unspecified atom stereocenters. The fraction of sp³-hybridized carbons (Fsp3) is 0.900. The molecule has 0 aromatic heterocycles. The van der Waals surface area contributed by atoms with E-state index in [1.54, 1.807) is 0 Å². The van der Waals surface area contributed by atoms with E-state index in [-0.39, 0.29) is 10.8 Å². The smallest absolute Gasteiger partial charge is 0.0328 e. The molecule has 0 amide bonds. The van der Waals surface area contributed by atoms with E-state index in [9.17, 15) is 0 Å². The Balaban J connectivity index is 1.24. The van der Waals surface area contributed by atoms with Crippen molar-refractivity contribution in [3.63, 3.8) is 0 Å². The van der Waals surface area contributed by atoms with Gasteiger partial charge in [0.2, 0.25) is 0 Å². The van der Waals surface area contributed by atoms with Crippen LogP contribution in [0.4, 0.5) is 0 Å². The highest BCUT2D eigenvalue weighted by atomic mass is 14.8. The Bertz CT molecular complexity index is 1170. The Kier molecular flexibility index (Phi) is 4.05. The molecule has 0 aliphatic heterocycles. The molecule has 0 heterocycles. The third-order valence-electron chi connectivity index (χ3n) is 16.6. The predicted octanol–water partition coefficient (Wildman–Crippen LogP) is 10.4. The zero-order valence-electron chi connectivity index (χ0n) is 26.9. The lowest BCUT2D eigenvalue weighted by Crippen LogP contribution is -2.74. The van der Waals surface area contributed by atoms with Crippen molar-refractivity contribution in [1.29, 1.82) is 0 Å². The van der Waals surface area contributed by atoms with Crippen LogP contribution in [0.3, 0.4) is 0 Å². The molecule has 12 bridgehead atoms. The zero-order valence-corrected chi connectivity index (χ0v) is 26.9. The van der Waals surface area contributed by atoms with E-state index in [0.717, 1.165) is 0 Å². The van der Waals surface area contributed by atoms with Gasteiger partial charge in [0.15, 0.2) is 0 Å². The van der Waals surface area contributed by atoms with Gasteiger partial charge in [-0.25, -0.2) is 0 Å². The maximum absolute atomic E-state index is 6.57. The minimum Gasteiger partial charge on any atom is -0.120 e. The Morgan fingerprint density at radius 1 is 0.300 bits per heavy atom. The Hall–Kier alpha value is -0.880. The fourth-order valence-electron chi connectivity index (χ4n) is 19.6. The Morgan fingerprint density at radius 3 is 0.775 bits per heavy atom. The van der Waals surface area contributed by atoms with Gasteiger partial charge in [0.1, 0.15) is 0 Å². The Morgan fingerprint density at radius 2 is 0.525 bits per heavy atom. The topological polar surface area (TPSA) is 0 Å². The Labute approximate surface area is 246 Å². The van der Waals surface area contributed by atoms with Crippen LogP contribution < -0.4 is 0 Å². The van der Waals surface area contributed by atoms with E-state index in [1.807, 2.05) is 0 Å². The van der Waals surface area contributed by atoms with Crippen LogP contribution in [-0.4, -0.2) is 0 Å². The van der Waals surface area contributed by atoms with Gasteiger partial charge in [-0.05, 0) is 170 Å². The van der Waals surface area contributed by atoms with Gasteiger partial charge in [0.25, 0.3) is 0 Å². The normalized spacial score (nSPS) is 69.1. The van der Waals surface area contributed by atoms with Crippen LogP contribution in [0.25, 0.3) is 0 Å². The number of rotatable bonds is 2. The van der Waals surface area contributed by atoms with Gasteiger partial charge in [0, 0.05) is 10.8 Å². The largest absolute Gasteiger partial charge is 0.120 e. The van der Waals surface area contributed by atoms with Crippen molar-refractivity contribution in [2.45, 2.75) is 157 Å². The van der Waals surface area contributed by atoms with E-state index in [0.29, 0.717) is 54.1 Å². The van der Waals surface area contributed by atoms with Gasteiger partial charge in [-0.15, -0.1) is 12.8 Å². The summed E-state index contributed by atoms with van der Waals surface area (Å²) in [6.07, 6.45) is 38.7. The van der Waals surface area contributed by atoms with E-state index >= 15 is 0 Å². The highest BCUT2D eigenvalue weighted by Crippen LogP contribution is 2.89. The van der Waals surface area contributed by atoms with Crippen LogP contribution in [0.2, 0.25) is 0 Å². The second-order valence-corrected chi connectivity index (χ2v) is 22.0. The van der Waals surface area contributed by atoms with Crippen molar-refractivity contribution < 1.29 is 0 Å². The summed E-state index contributed by atoms with van der Waals surface area (Å²) < 4.78 is 0. The van der Waals surface area contributed by atoms with Crippen LogP contribution in [0.15, 0.2) is 0 Å².